The van der Waals surface area contributed by atoms with Crippen LogP contribution in [-0.4, -0.2) is 66.4 Å². The number of nitrogens with zero attached hydrogens (tertiary/aromatic N) is 3. The maximum Gasteiger partial charge on any atom is 0.223 e. The van der Waals surface area contributed by atoms with E-state index in [4.69, 9.17) is 0 Å². The maximum absolute atomic E-state index is 12.4. The number of likely N-dealkylation sites (tertiary alicyclic amines) is 1. The molecule has 1 aromatic rings. The first-order valence-electron chi connectivity index (χ1n) is 9.58. The van der Waals surface area contributed by atoms with Crippen LogP contribution in [0.5, 0.6) is 0 Å². The fourth-order valence-corrected chi connectivity index (χ4v) is 3.74. The van der Waals surface area contributed by atoms with Crippen molar-refractivity contribution in [1.29, 1.82) is 0 Å². The van der Waals surface area contributed by atoms with Crippen molar-refractivity contribution in [3.05, 3.63) is 35.9 Å². The number of carbonyl (C=O) groups excluding carboxylic acids is 1. The zero-order valence-corrected chi connectivity index (χ0v) is 14.8. The van der Waals surface area contributed by atoms with Crippen LogP contribution in [0.15, 0.2) is 30.3 Å². The van der Waals surface area contributed by atoms with Gasteiger partial charge in [-0.15, -0.1) is 0 Å². The first-order chi connectivity index (χ1) is 11.8. The molecule has 3 rings (SSSR count). The Hall–Kier alpha value is -1.39. The molecule has 0 saturated carbocycles. The number of benzene rings is 1. The number of hydrogen-bond donors (Lipinski definition) is 0. The van der Waals surface area contributed by atoms with Crippen LogP contribution in [0.25, 0.3) is 0 Å². The molecule has 0 radical (unpaired) electrons. The second kappa shape index (κ2) is 9.19. The van der Waals surface area contributed by atoms with Gasteiger partial charge < -0.3 is 9.80 Å². The van der Waals surface area contributed by atoms with Gasteiger partial charge in [0.2, 0.25) is 5.91 Å². The van der Waals surface area contributed by atoms with Crippen LogP contribution in [0.2, 0.25) is 0 Å². The van der Waals surface area contributed by atoms with Gasteiger partial charge in [-0.25, -0.2) is 0 Å². The van der Waals surface area contributed by atoms with Crippen LogP contribution in [0.3, 0.4) is 0 Å². The van der Waals surface area contributed by atoms with E-state index in [1.54, 1.807) is 0 Å². The van der Waals surface area contributed by atoms with Crippen LogP contribution in [0.4, 0.5) is 0 Å². The number of amides is 1. The summed E-state index contributed by atoms with van der Waals surface area (Å²) < 4.78 is 0. The van der Waals surface area contributed by atoms with E-state index >= 15 is 0 Å². The summed E-state index contributed by atoms with van der Waals surface area (Å²) >= 11 is 0. The first-order valence-corrected chi connectivity index (χ1v) is 9.58. The summed E-state index contributed by atoms with van der Waals surface area (Å²) in [4.78, 5) is 19.5. The molecule has 2 aliphatic heterocycles. The minimum Gasteiger partial charge on any atom is -0.343 e. The van der Waals surface area contributed by atoms with E-state index in [0.29, 0.717) is 12.3 Å². The minimum atomic E-state index is 0.364. The van der Waals surface area contributed by atoms with Gasteiger partial charge in [-0.05, 0) is 18.4 Å². The molecule has 4 nitrogen and oxygen atoms in total. The quantitative estimate of drug-likeness (QED) is 0.831. The lowest BCUT2D eigenvalue weighted by molar-refractivity contribution is -0.131. The molecular weight excluding hydrogens is 298 g/mol. The molecule has 0 spiro atoms. The standard InChI is InChI=1S/C20H31N3O/c24-20(23-11-6-1-2-7-12-23)10-13-21-14-16-22(17-15-21)18-19-8-4-3-5-9-19/h3-5,8-9H,1-2,6-7,10-18H2. The van der Waals surface area contributed by atoms with Gasteiger partial charge in [-0.1, -0.05) is 43.2 Å². The van der Waals surface area contributed by atoms with E-state index < -0.39 is 0 Å². The number of rotatable bonds is 5. The second-order valence-electron chi connectivity index (χ2n) is 7.15. The molecule has 0 N–H and O–H groups in total. The molecule has 2 saturated heterocycles. The van der Waals surface area contributed by atoms with Gasteiger partial charge in [0.25, 0.3) is 0 Å². The van der Waals surface area contributed by atoms with E-state index in [2.05, 4.69) is 45.0 Å². The molecule has 2 fully saturated rings. The molecular formula is C20H31N3O. The van der Waals surface area contributed by atoms with Crippen molar-refractivity contribution in [1.82, 2.24) is 14.7 Å². The van der Waals surface area contributed by atoms with Crippen LogP contribution in [0.1, 0.15) is 37.7 Å². The predicted molar refractivity (Wildman–Crippen MR) is 97.8 cm³/mol. The highest BCUT2D eigenvalue weighted by Crippen LogP contribution is 2.12. The molecule has 0 aliphatic carbocycles. The van der Waals surface area contributed by atoms with E-state index in [9.17, 15) is 4.79 Å². The van der Waals surface area contributed by atoms with E-state index in [0.717, 1.165) is 52.4 Å². The third-order valence-electron chi connectivity index (χ3n) is 5.31. The van der Waals surface area contributed by atoms with Crippen molar-refractivity contribution in [2.45, 2.75) is 38.6 Å². The number of piperazine rings is 1. The number of hydrogen-bond acceptors (Lipinski definition) is 3. The topological polar surface area (TPSA) is 26.8 Å². The summed E-state index contributed by atoms with van der Waals surface area (Å²) in [5.41, 5.74) is 1.39. The van der Waals surface area contributed by atoms with Crippen molar-refractivity contribution >= 4 is 5.91 Å². The Bertz CT molecular complexity index is 489. The monoisotopic (exact) mass is 329 g/mol. The van der Waals surface area contributed by atoms with Crippen molar-refractivity contribution in [2.24, 2.45) is 0 Å². The molecule has 24 heavy (non-hydrogen) atoms. The maximum atomic E-state index is 12.4. The van der Waals surface area contributed by atoms with Gasteiger partial charge >= 0.3 is 0 Å². The zero-order chi connectivity index (χ0) is 16.6. The normalized spacial score (nSPS) is 20.8. The molecule has 1 aromatic carbocycles. The third kappa shape index (κ3) is 5.32. The summed E-state index contributed by atoms with van der Waals surface area (Å²) in [7, 11) is 0. The Balaban J connectivity index is 1.35. The van der Waals surface area contributed by atoms with E-state index in [1.807, 2.05) is 0 Å². The summed E-state index contributed by atoms with van der Waals surface area (Å²) in [5, 5.41) is 0. The van der Waals surface area contributed by atoms with E-state index in [-0.39, 0.29) is 0 Å². The van der Waals surface area contributed by atoms with Gasteiger partial charge in [0, 0.05) is 58.8 Å². The Labute approximate surface area is 146 Å². The summed E-state index contributed by atoms with van der Waals surface area (Å²) in [6, 6.07) is 10.7. The van der Waals surface area contributed by atoms with Gasteiger partial charge in [-0.3, -0.25) is 9.69 Å². The highest BCUT2D eigenvalue weighted by Gasteiger charge is 2.20. The lowest BCUT2D eigenvalue weighted by atomic mass is 10.2. The third-order valence-corrected chi connectivity index (χ3v) is 5.31. The lowest BCUT2D eigenvalue weighted by Gasteiger charge is -2.35. The second-order valence-corrected chi connectivity index (χ2v) is 7.15. The molecule has 2 heterocycles. The smallest absolute Gasteiger partial charge is 0.223 e. The molecule has 2 aliphatic rings. The summed E-state index contributed by atoms with van der Waals surface area (Å²) in [6.07, 6.45) is 5.63. The van der Waals surface area contributed by atoms with Crippen LogP contribution in [-0.2, 0) is 11.3 Å². The largest absolute Gasteiger partial charge is 0.343 e. The molecule has 0 bridgehead atoms. The van der Waals surface area contributed by atoms with Crippen molar-refractivity contribution in [2.75, 3.05) is 45.8 Å². The highest BCUT2D eigenvalue weighted by molar-refractivity contribution is 5.76. The van der Waals surface area contributed by atoms with Crippen LogP contribution < -0.4 is 0 Å². The molecule has 0 unspecified atom stereocenters. The molecule has 0 aromatic heterocycles. The summed E-state index contributed by atoms with van der Waals surface area (Å²) in [5.74, 6) is 0.364. The Kier molecular flexibility index (Phi) is 6.67. The van der Waals surface area contributed by atoms with Crippen molar-refractivity contribution in [3.63, 3.8) is 0 Å². The molecule has 4 heteroatoms. The Morgan fingerprint density at radius 2 is 1.42 bits per heavy atom. The van der Waals surface area contributed by atoms with Crippen molar-refractivity contribution in [3.8, 4) is 0 Å². The Morgan fingerprint density at radius 3 is 2.08 bits per heavy atom. The molecule has 0 atom stereocenters. The van der Waals surface area contributed by atoms with E-state index in [1.165, 1.54) is 31.2 Å². The van der Waals surface area contributed by atoms with Gasteiger partial charge in [0.1, 0.15) is 0 Å². The summed E-state index contributed by atoms with van der Waals surface area (Å²) in [6.45, 7) is 8.29. The average molecular weight is 329 g/mol. The highest BCUT2D eigenvalue weighted by atomic mass is 16.2. The predicted octanol–water partition coefficient (Wildman–Crippen LogP) is 2.60. The fraction of sp³-hybridized carbons (Fsp3) is 0.650. The Morgan fingerprint density at radius 1 is 0.792 bits per heavy atom. The van der Waals surface area contributed by atoms with Gasteiger partial charge in [0.15, 0.2) is 0 Å². The number of carbonyl (C=O) groups is 1. The van der Waals surface area contributed by atoms with Crippen molar-refractivity contribution < 1.29 is 4.79 Å². The lowest BCUT2D eigenvalue weighted by Crippen LogP contribution is -2.47. The van der Waals surface area contributed by atoms with Gasteiger partial charge in [-0.2, -0.15) is 0 Å². The molecule has 132 valence electrons. The zero-order valence-electron chi connectivity index (χ0n) is 14.8. The van der Waals surface area contributed by atoms with Crippen LogP contribution in [0, 0.1) is 0 Å². The van der Waals surface area contributed by atoms with Crippen LogP contribution >= 0.6 is 0 Å². The average Bonchev–Trinajstić information content (AvgIpc) is 2.91. The SMILES string of the molecule is O=C(CCN1CCN(Cc2ccccc2)CC1)N1CCCCCC1. The fourth-order valence-electron chi connectivity index (χ4n) is 3.74. The molecule has 1 amide bonds. The first kappa shape index (κ1) is 17.4. The minimum absolute atomic E-state index is 0.364. The van der Waals surface area contributed by atoms with Gasteiger partial charge in [0.05, 0.1) is 0 Å².